The number of nitrogens with zero attached hydrogens (tertiary/aromatic N) is 4. The standard InChI is InChI=1S/C42H26N4O2/c47-38-33-24-23-31(26-35(33)46-34-21-10-11-22-36(34)48-42(46)37(38)27-13-4-1-5-14-27)30-19-12-20-32(25-30)41-44-39(28-15-6-2-7-16-28)43-40(45-41)29-17-8-3-9-18-29/h1-26H. The van der Waals surface area contributed by atoms with Gasteiger partial charge in [0.25, 0.3) is 0 Å². The summed E-state index contributed by atoms with van der Waals surface area (Å²) in [5, 5.41) is 0.621. The summed E-state index contributed by atoms with van der Waals surface area (Å²) in [5.41, 5.74) is 8.84. The zero-order valence-electron chi connectivity index (χ0n) is 25.6. The quantitative estimate of drug-likeness (QED) is 0.192. The highest BCUT2D eigenvalue weighted by molar-refractivity contribution is 5.97. The molecule has 3 aromatic heterocycles. The smallest absolute Gasteiger partial charge is 0.217 e. The van der Waals surface area contributed by atoms with Crippen LogP contribution in [0.1, 0.15) is 0 Å². The molecule has 0 N–H and O–H groups in total. The highest BCUT2D eigenvalue weighted by atomic mass is 16.3. The van der Waals surface area contributed by atoms with E-state index in [0.29, 0.717) is 39.7 Å². The molecule has 0 spiro atoms. The van der Waals surface area contributed by atoms with Crippen molar-refractivity contribution in [1.29, 1.82) is 0 Å². The van der Waals surface area contributed by atoms with Crippen LogP contribution >= 0.6 is 0 Å². The molecule has 0 aliphatic heterocycles. The summed E-state index contributed by atoms with van der Waals surface area (Å²) in [7, 11) is 0. The van der Waals surface area contributed by atoms with Crippen LogP contribution in [0.5, 0.6) is 0 Å². The number of aromatic nitrogens is 4. The fourth-order valence-electron chi connectivity index (χ4n) is 6.34. The Labute approximate surface area is 275 Å². The molecular formula is C42H26N4O2. The van der Waals surface area contributed by atoms with Crippen LogP contribution in [-0.4, -0.2) is 19.4 Å². The molecule has 226 valence electrons. The van der Waals surface area contributed by atoms with Crippen LogP contribution in [0.3, 0.4) is 0 Å². The minimum Gasteiger partial charge on any atom is -0.437 e. The first-order chi connectivity index (χ1) is 23.7. The summed E-state index contributed by atoms with van der Waals surface area (Å²) in [6, 6.07) is 51.7. The summed E-state index contributed by atoms with van der Waals surface area (Å²) in [5.74, 6) is 1.80. The lowest BCUT2D eigenvalue weighted by Gasteiger charge is -2.11. The molecule has 0 amide bonds. The largest absolute Gasteiger partial charge is 0.437 e. The van der Waals surface area contributed by atoms with Crippen molar-refractivity contribution in [2.75, 3.05) is 0 Å². The third kappa shape index (κ3) is 4.66. The molecule has 0 atom stereocenters. The van der Waals surface area contributed by atoms with Gasteiger partial charge in [0.05, 0.1) is 16.6 Å². The molecule has 6 heteroatoms. The monoisotopic (exact) mass is 618 g/mol. The van der Waals surface area contributed by atoms with Crippen LogP contribution in [0.2, 0.25) is 0 Å². The van der Waals surface area contributed by atoms with Crippen molar-refractivity contribution in [2.24, 2.45) is 0 Å². The topological polar surface area (TPSA) is 73.3 Å². The van der Waals surface area contributed by atoms with E-state index >= 15 is 0 Å². The summed E-state index contributed by atoms with van der Waals surface area (Å²) >= 11 is 0. The molecule has 0 aliphatic carbocycles. The molecule has 0 bridgehead atoms. The van der Waals surface area contributed by atoms with Crippen molar-refractivity contribution in [2.45, 2.75) is 0 Å². The lowest BCUT2D eigenvalue weighted by molar-refractivity contribution is 0.656. The Morgan fingerprint density at radius 1 is 0.438 bits per heavy atom. The summed E-state index contributed by atoms with van der Waals surface area (Å²) in [4.78, 5) is 28.8. The molecule has 0 fully saturated rings. The van der Waals surface area contributed by atoms with Gasteiger partial charge in [-0.25, -0.2) is 15.0 Å². The van der Waals surface area contributed by atoms with Crippen LogP contribution in [0.4, 0.5) is 0 Å². The van der Waals surface area contributed by atoms with Crippen LogP contribution in [-0.2, 0) is 0 Å². The van der Waals surface area contributed by atoms with Crippen molar-refractivity contribution in [3.8, 4) is 56.4 Å². The lowest BCUT2D eigenvalue weighted by Crippen LogP contribution is -2.09. The number of hydrogen-bond acceptors (Lipinski definition) is 5. The fourth-order valence-corrected chi connectivity index (χ4v) is 6.34. The van der Waals surface area contributed by atoms with E-state index in [1.54, 1.807) is 0 Å². The molecular weight excluding hydrogens is 592 g/mol. The second-order valence-corrected chi connectivity index (χ2v) is 11.6. The Kier molecular flexibility index (Phi) is 6.50. The third-order valence-corrected chi connectivity index (χ3v) is 8.66. The second kappa shape index (κ2) is 11.3. The number of hydrogen-bond donors (Lipinski definition) is 0. The molecule has 9 aromatic rings. The number of para-hydroxylation sites is 2. The summed E-state index contributed by atoms with van der Waals surface area (Å²) < 4.78 is 8.45. The van der Waals surface area contributed by atoms with Crippen molar-refractivity contribution in [3.05, 3.63) is 168 Å². The molecule has 0 saturated carbocycles. The molecule has 0 saturated heterocycles. The van der Waals surface area contributed by atoms with E-state index in [4.69, 9.17) is 19.4 Å². The Hall–Kier alpha value is -6.66. The van der Waals surface area contributed by atoms with Gasteiger partial charge in [-0.15, -0.1) is 0 Å². The van der Waals surface area contributed by atoms with E-state index in [9.17, 15) is 4.79 Å². The predicted molar refractivity (Wildman–Crippen MR) is 192 cm³/mol. The number of oxazole rings is 1. The maximum absolute atomic E-state index is 14.1. The first-order valence-electron chi connectivity index (χ1n) is 15.7. The number of rotatable bonds is 5. The number of benzene rings is 6. The molecule has 0 aliphatic rings. The van der Waals surface area contributed by atoms with Gasteiger partial charge in [0.15, 0.2) is 23.1 Å². The van der Waals surface area contributed by atoms with Crippen LogP contribution in [0.15, 0.2) is 167 Å². The van der Waals surface area contributed by atoms with Gasteiger partial charge in [0, 0.05) is 22.1 Å². The van der Waals surface area contributed by atoms with E-state index in [2.05, 4.69) is 22.6 Å². The molecule has 48 heavy (non-hydrogen) atoms. The van der Waals surface area contributed by atoms with E-state index < -0.39 is 0 Å². The highest BCUT2D eigenvalue weighted by Gasteiger charge is 2.20. The first kappa shape index (κ1) is 27.6. The minimum atomic E-state index is -0.0670. The Morgan fingerprint density at radius 3 is 1.62 bits per heavy atom. The lowest BCUT2D eigenvalue weighted by atomic mass is 9.99. The van der Waals surface area contributed by atoms with Gasteiger partial charge in [-0.2, -0.15) is 0 Å². The van der Waals surface area contributed by atoms with E-state index in [1.807, 2.05) is 140 Å². The van der Waals surface area contributed by atoms with Crippen molar-refractivity contribution >= 4 is 27.7 Å². The maximum atomic E-state index is 14.1. The highest BCUT2D eigenvalue weighted by Crippen LogP contribution is 2.34. The van der Waals surface area contributed by atoms with Gasteiger partial charge < -0.3 is 4.42 Å². The Bertz CT molecular complexity index is 2620. The average Bonchev–Trinajstić information content (AvgIpc) is 3.55. The van der Waals surface area contributed by atoms with E-state index in [-0.39, 0.29) is 5.43 Å². The van der Waals surface area contributed by atoms with Crippen LogP contribution in [0, 0.1) is 0 Å². The maximum Gasteiger partial charge on any atom is 0.217 e. The van der Waals surface area contributed by atoms with Gasteiger partial charge in [-0.1, -0.05) is 127 Å². The summed E-state index contributed by atoms with van der Waals surface area (Å²) in [6.45, 7) is 0. The third-order valence-electron chi connectivity index (χ3n) is 8.66. The molecule has 0 unspecified atom stereocenters. The van der Waals surface area contributed by atoms with Gasteiger partial charge in [-0.05, 0) is 47.0 Å². The van der Waals surface area contributed by atoms with Crippen LogP contribution in [0.25, 0.3) is 84.1 Å². The Morgan fingerprint density at radius 2 is 0.958 bits per heavy atom. The summed E-state index contributed by atoms with van der Waals surface area (Å²) in [6.07, 6.45) is 0. The predicted octanol–water partition coefficient (Wildman–Crippen LogP) is 9.72. The van der Waals surface area contributed by atoms with Gasteiger partial charge in [0.1, 0.15) is 0 Å². The average molecular weight is 619 g/mol. The fraction of sp³-hybridized carbons (Fsp3) is 0. The molecule has 6 aromatic carbocycles. The van der Waals surface area contributed by atoms with Crippen molar-refractivity contribution in [1.82, 2.24) is 19.4 Å². The molecule has 0 radical (unpaired) electrons. The van der Waals surface area contributed by atoms with Gasteiger partial charge in [-0.3, -0.25) is 9.20 Å². The number of fused-ring (bicyclic) bond motifs is 5. The first-order valence-corrected chi connectivity index (χ1v) is 15.7. The van der Waals surface area contributed by atoms with E-state index in [1.165, 1.54) is 0 Å². The van der Waals surface area contributed by atoms with Crippen molar-refractivity contribution in [3.63, 3.8) is 0 Å². The molecule has 3 heterocycles. The molecule has 9 rings (SSSR count). The normalized spacial score (nSPS) is 11.4. The van der Waals surface area contributed by atoms with Crippen molar-refractivity contribution < 1.29 is 4.42 Å². The van der Waals surface area contributed by atoms with E-state index in [0.717, 1.165) is 44.4 Å². The Balaban J connectivity index is 1.23. The van der Waals surface area contributed by atoms with Gasteiger partial charge in [0.2, 0.25) is 11.1 Å². The second-order valence-electron chi connectivity index (χ2n) is 11.6. The van der Waals surface area contributed by atoms with Crippen LogP contribution < -0.4 is 5.43 Å². The SMILES string of the molecule is O=c1c(-c2ccccc2)c2oc3ccccc3n2c2cc(-c3cccc(-c4nc(-c5ccccc5)nc(-c5ccccc5)n4)c3)ccc12. The minimum absolute atomic E-state index is 0.0670. The molecule has 6 nitrogen and oxygen atoms in total. The zero-order chi connectivity index (χ0) is 32.0. The number of pyridine rings is 1. The van der Waals surface area contributed by atoms with Gasteiger partial charge >= 0.3 is 0 Å². The zero-order valence-corrected chi connectivity index (χ0v) is 25.6.